The summed E-state index contributed by atoms with van der Waals surface area (Å²) in [6, 6.07) is 13.2. The smallest absolute Gasteiger partial charge is 0.273 e. The first kappa shape index (κ1) is 18.9. The lowest BCUT2D eigenvalue weighted by atomic mass is 10.2. The van der Waals surface area contributed by atoms with Gasteiger partial charge in [-0.3, -0.25) is 10.1 Å². The number of nitro groups is 1. The van der Waals surface area contributed by atoms with Gasteiger partial charge < -0.3 is 4.74 Å². The molecule has 0 fully saturated rings. The van der Waals surface area contributed by atoms with Crippen molar-refractivity contribution < 1.29 is 18.1 Å². The lowest BCUT2D eigenvalue weighted by Crippen LogP contribution is -2.29. The normalized spacial score (nSPS) is 11.5. The summed E-state index contributed by atoms with van der Waals surface area (Å²) in [6.07, 6.45) is 0.499. The lowest BCUT2D eigenvalue weighted by molar-refractivity contribution is -0.385. The van der Waals surface area contributed by atoms with Crippen LogP contribution in [0.1, 0.15) is 12.0 Å². The first-order chi connectivity index (χ1) is 11.8. The Morgan fingerprint density at radius 1 is 1.16 bits per heavy atom. The molecule has 0 amide bonds. The highest BCUT2D eigenvalue weighted by Gasteiger charge is 2.23. The van der Waals surface area contributed by atoms with Gasteiger partial charge in [0.2, 0.25) is 10.0 Å². The molecule has 7 nitrogen and oxygen atoms in total. The van der Waals surface area contributed by atoms with Crippen molar-refractivity contribution in [2.75, 3.05) is 20.2 Å². The highest BCUT2D eigenvalue weighted by atomic mass is 32.2. The summed E-state index contributed by atoms with van der Waals surface area (Å²) in [5.74, 6) is 0.724. The molecule has 0 aliphatic rings. The van der Waals surface area contributed by atoms with Gasteiger partial charge in [-0.25, -0.2) is 12.7 Å². The van der Waals surface area contributed by atoms with Gasteiger partial charge in [-0.2, -0.15) is 0 Å². The maximum absolute atomic E-state index is 12.5. The minimum Gasteiger partial charge on any atom is -0.494 e. The average molecular weight is 364 g/mol. The van der Waals surface area contributed by atoms with Crippen molar-refractivity contribution in [3.8, 4) is 5.75 Å². The van der Waals surface area contributed by atoms with Crippen LogP contribution in [-0.4, -0.2) is 37.8 Å². The molecule has 0 unspecified atom stereocenters. The van der Waals surface area contributed by atoms with Crippen molar-refractivity contribution in [2.45, 2.75) is 18.2 Å². The summed E-state index contributed by atoms with van der Waals surface area (Å²) in [7, 11) is -2.34. The quantitative estimate of drug-likeness (QED) is 0.408. The third kappa shape index (κ3) is 4.77. The first-order valence-electron chi connectivity index (χ1n) is 7.71. The molecule has 2 aromatic carbocycles. The number of hydrogen-bond acceptors (Lipinski definition) is 5. The van der Waals surface area contributed by atoms with E-state index in [0.717, 1.165) is 11.8 Å². The summed E-state index contributed by atoms with van der Waals surface area (Å²) in [4.78, 5) is 10.3. The van der Waals surface area contributed by atoms with Crippen LogP contribution in [0.15, 0.2) is 53.4 Å². The summed E-state index contributed by atoms with van der Waals surface area (Å²) >= 11 is 0. The van der Waals surface area contributed by atoms with E-state index < -0.39 is 14.9 Å². The molecular weight excluding hydrogens is 344 g/mol. The monoisotopic (exact) mass is 364 g/mol. The van der Waals surface area contributed by atoms with E-state index in [9.17, 15) is 18.5 Å². The maximum Gasteiger partial charge on any atom is 0.273 e. The molecule has 0 aliphatic carbocycles. The molecule has 2 rings (SSSR count). The minimum atomic E-state index is -3.78. The Morgan fingerprint density at radius 2 is 1.84 bits per heavy atom. The van der Waals surface area contributed by atoms with E-state index in [1.54, 1.807) is 6.92 Å². The predicted octanol–water partition coefficient (Wildman–Crippen LogP) is 2.99. The zero-order valence-corrected chi connectivity index (χ0v) is 14.9. The molecule has 0 bridgehead atoms. The molecule has 0 heterocycles. The summed E-state index contributed by atoms with van der Waals surface area (Å²) in [6.45, 7) is 2.19. The van der Waals surface area contributed by atoms with E-state index >= 15 is 0 Å². The van der Waals surface area contributed by atoms with Crippen LogP contribution in [0.2, 0.25) is 0 Å². The van der Waals surface area contributed by atoms with Crippen LogP contribution in [0.4, 0.5) is 5.69 Å². The number of rotatable bonds is 8. The topological polar surface area (TPSA) is 89.8 Å². The van der Waals surface area contributed by atoms with Gasteiger partial charge >= 0.3 is 0 Å². The van der Waals surface area contributed by atoms with Gasteiger partial charge in [0.1, 0.15) is 5.75 Å². The molecule has 0 radical (unpaired) electrons. The van der Waals surface area contributed by atoms with Crippen molar-refractivity contribution in [1.82, 2.24) is 4.31 Å². The second-order valence-corrected chi connectivity index (χ2v) is 7.59. The van der Waals surface area contributed by atoms with Crippen LogP contribution in [0, 0.1) is 17.0 Å². The van der Waals surface area contributed by atoms with E-state index in [0.29, 0.717) is 18.6 Å². The fourth-order valence-electron chi connectivity index (χ4n) is 2.24. The number of benzene rings is 2. The Hall–Kier alpha value is -2.45. The number of para-hydroxylation sites is 1. The summed E-state index contributed by atoms with van der Waals surface area (Å²) in [5.41, 5.74) is 0.213. The third-order valence-electron chi connectivity index (χ3n) is 3.71. The SMILES string of the molecule is Cc1ccc(S(=O)(=O)N(C)CCCOc2ccccc2)cc1[N+](=O)[O-]. The van der Waals surface area contributed by atoms with Crippen molar-refractivity contribution >= 4 is 15.7 Å². The second-order valence-electron chi connectivity index (χ2n) is 5.55. The molecule has 134 valence electrons. The number of aryl methyl sites for hydroxylation is 1. The van der Waals surface area contributed by atoms with Crippen LogP contribution < -0.4 is 4.74 Å². The van der Waals surface area contributed by atoms with E-state index in [-0.39, 0.29) is 17.1 Å². The highest BCUT2D eigenvalue weighted by Crippen LogP contribution is 2.24. The van der Waals surface area contributed by atoms with Crippen molar-refractivity contribution in [3.63, 3.8) is 0 Å². The molecule has 0 atom stereocenters. The fraction of sp³-hybridized carbons (Fsp3) is 0.294. The predicted molar refractivity (Wildman–Crippen MR) is 94.2 cm³/mol. The van der Waals surface area contributed by atoms with Crippen molar-refractivity contribution in [3.05, 3.63) is 64.2 Å². The zero-order valence-electron chi connectivity index (χ0n) is 14.1. The number of nitro benzene ring substituents is 1. The van der Waals surface area contributed by atoms with Gasteiger partial charge in [0.05, 0.1) is 16.4 Å². The largest absolute Gasteiger partial charge is 0.494 e. The highest BCUT2D eigenvalue weighted by molar-refractivity contribution is 7.89. The van der Waals surface area contributed by atoms with Crippen LogP contribution in [0.25, 0.3) is 0 Å². The molecule has 2 aromatic rings. The van der Waals surface area contributed by atoms with Crippen LogP contribution >= 0.6 is 0 Å². The molecule has 0 spiro atoms. The molecule has 0 aromatic heterocycles. The van der Waals surface area contributed by atoms with Gasteiger partial charge in [-0.05, 0) is 31.5 Å². The van der Waals surface area contributed by atoms with Crippen LogP contribution in [0.5, 0.6) is 5.75 Å². The second kappa shape index (κ2) is 8.09. The molecule has 8 heteroatoms. The maximum atomic E-state index is 12.5. The van der Waals surface area contributed by atoms with E-state index in [1.165, 1.54) is 23.5 Å². The molecule has 0 aliphatic heterocycles. The zero-order chi connectivity index (χ0) is 18.4. The third-order valence-corrected chi connectivity index (χ3v) is 5.57. The van der Waals surface area contributed by atoms with E-state index in [1.807, 2.05) is 30.3 Å². The lowest BCUT2D eigenvalue weighted by Gasteiger charge is -2.17. The average Bonchev–Trinajstić information content (AvgIpc) is 2.59. The number of ether oxygens (including phenoxy) is 1. The standard InChI is InChI=1S/C17H20N2O5S/c1-14-9-10-16(13-17(14)19(20)21)25(22,23)18(2)11-6-12-24-15-7-4-3-5-8-15/h3-5,7-10,13H,6,11-12H2,1-2H3. The Morgan fingerprint density at radius 3 is 2.48 bits per heavy atom. The number of hydrogen-bond donors (Lipinski definition) is 0. The van der Waals surface area contributed by atoms with Crippen LogP contribution in [0.3, 0.4) is 0 Å². The number of nitrogens with zero attached hydrogens (tertiary/aromatic N) is 2. The fourth-order valence-corrected chi connectivity index (χ4v) is 3.47. The molecule has 0 saturated carbocycles. The van der Waals surface area contributed by atoms with E-state index in [4.69, 9.17) is 4.74 Å². The molecule has 0 saturated heterocycles. The van der Waals surface area contributed by atoms with Gasteiger partial charge in [-0.15, -0.1) is 0 Å². The summed E-state index contributed by atoms with van der Waals surface area (Å²) < 4.78 is 31.8. The Kier molecular flexibility index (Phi) is 6.11. The number of sulfonamides is 1. The van der Waals surface area contributed by atoms with Gasteiger partial charge in [0.25, 0.3) is 5.69 Å². The van der Waals surface area contributed by atoms with Crippen molar-refractivity contribution in [2.24, 2.45) is 0 Å². The molecular formula is C17H20N2O5S. The molecule has 25 heavy (non-hydrogen) atoms. The first-order valence-corrected chi connectivity index (χ1v) is 9.15. The van der Waals surface area contributed by atoms with Crippen LogP contribution in [-0.2, 0) is 10.0 Å². The minimum absolute atomic E-state index is 0.0868. The summed E-state index contributed by atoms with van der Waals surface area (Å²) in [5, 5.41) is 11.0. The van der Waals surface area contributed by atoms with Gasteiger partial charge in [-0.1, -0.05) is 24.3 Å². The van der Waals surface area contributed by atoms with Gasteiger partial charge in [0.15, 0.2) is 0 Å². The van der Waals surface area contributed by atoms with E-state index in [2.05, 4.69) is 0 Å². The Labute approximate surface area is 147 Å². The Balaban J connectivity index is 1.99. The Bertz CT molecular complexity index is 837. The van der Waals surface area contributed by atoms with Gasteiger partial charge in [0, 0.05) is 25.2 Å². The van der Waals surface area contributed by atoms with Crippen molar-refractivity contribution in [1.29, 1.82) is 0 Å². The molecule has 0 N–H and O–H groups in total.